The molecule has 35 heavy (non-hydrogen) atoms. The number of amides is 1. The molecule has 2 atom stereocenters. The minimum atomic E-state index is -0.733. The van der Waals surface area contributed by atoms with Gasteiger partial charge in [-0.1, -0.05) is 59.6 Å². The summed E-state index contributed by atoms with van der Waals surface area (Å²) in [6.07, 6.45) is -1.45. The van der Waals surface area contributed by atoms with Crippen LogP contribution in [0.3, 0.4) is 0 Å². The predicted octanol–water partition coefficient (Wildman–Crippen LogP) is 5.11. The van der Waals surface area contributed by atoms with E-state index in [1.807, 2.05) is 39.8 Å². The van der Waals surface area contributed by atoms with Gasteiger partial charge < -0.3 is 19.9 Å². The number of ether oxygens (including phenoxy) is 3. The molecule has 0 aliphatic carbocycles. The molecule has 0 aliphatic rings. The van der Waals surface area contributed by atoms with E-state index < -0.39 is 24.1 Å². The Bertz CT molecular complexity index is 1120. The van der Waals surface area contributed by atoms with Crippen LogP contribution in [0.4, 0.5) is 0 Å². The van der Waals surface area contributed by atoms with Gasteiger partial charge in [0.15, 0.2) is 12.2 Å². The molecule has 8 nitrogen and oxygen atoms in total. The monoisotopic (exact) mass is 607 g/mol. The Labute approximate surface area is 222 Å². The maximum atomic E-state index is 11.6. The maximum absolute atomic E-state index is 11.6. The fraction of sp³-hybridized carbons (Fsp3) is 0.360. The van der Waals surface area contributed by atoms with E-state index in [0.29, 0.717) is 22.6 Å². The predicted molar refractivity (Wildman–Crippen MR) is 137 cm³/mol. The van der Waals surface area contributed by atoms with Crippen molar-refractivity contribution in [3.8, 4) is 23.6 Å². The normalized spacial score (nSPS) is 11.9. The molecule has 0 saturated heterocycles. The largest absolute Gasteiger partial charge is 0.479 e. The van der Waals surface area contributed by atoms with E-state index in [2.05, 4.69) is 36.6 Å². The van der Waals surface area contributed by atoms with Crippen molar-refractivity contribution >= 4 is 43.7 Å². The highest BCUT2D eigenvalue weighted by atomic mass is 79.9. The van der Waals surface area contributed by atoms with Crippen LogP contribution in [0.15, 0.2) is 45.3 Å². The van der Waals surface area contributed by atoms with Gasteiger partial charge in [-0.05, 0) is 42.3 Å². The van der Waals surface area contributed by atoms with Crippen molar-refractivity contribution in [1.82, 2.24) is 0 Å². The zero-order valence-corrected chi connectivity index (χ0v) is 23.2. The van der Waals surface area contributed by atoms with Crippen molar-refractivity contribution in [3.63, 3.8) is 0 Å². The van der Waals surface area contributed by atoms with Crippen LogP contribution in [-0.2, 0) is 14.3 Å². The Morgan fingerprint density at radius 1 is 0.829 bits per heavy atom. The number of benzene rings is 2. The highest BCUT2D eigenvalue weighted by molar-refractivity contribution is 9.10. The number of nitrogens with zero attached hydrogens (tertiary/aromatic N) is 2. The number of rotatable bonds is 8. The first-order chi connectivity index (χ1) is 16.4. The maximum Gasteiger partial charge on any atom is 0.347 e. The summed E-state index contributed by atoms with van der Waals surface area (Å²) in [5, 5.41) is 18.0. The molecule has 2 N–H and O–H groups in total. The molecule has 0 fully saturated rings. The second-order valence-corrected chi connectivity index (χ2v) is 9.83. The van der Waals surface area contributed by atoms with Gasteiger partial charge in [0.1, 0.15) is 23.6 Å². The van der Waals surface area contributed by atoms with Crippen molar-refractivity contribution in [1.29, 1.82) is 10.5 Å². The molecule has 0 unspecified atom stereocenters. The van der Waals surface area contributed by atoms with Gasteiger partial charge in [0.05, 0.1) is 18.2 Å². The third kappa shape index (κ3) is 9.23. The Hall–Kier alpha value is -3.08. The van der Waals surface area contributed by atoms with Crippen LogP contribution in [-0.4, -0.2) is 31.2 Å². The minimum Gasteiger partial charge on any atom is -0.479 e. The van der Waals surface area contributed by atoms with Crippen molar-refractivity contribution in [3.05, 3.63) is 56.5 Å². The molecule has 0 saturated carbocycles. The van der Waals surface area contributed by atoms with E-state index in [0.717, 1.165) is 8.95 Å². The average molecular weight is 609 g/mol. The number of primary amides is 1. The van der Waals surface area contributed by atoms with E-state index in [1.54, 1.807) is 36.4 Å². The second-order valence-electron chi connectivity index (χ2n) is 8.00. The second kappa shape index (κ2) is 14.3. The number of halogens is 2. The Morgan fingerprint density at radius 2 is 1.23 bits per heavy atom. The van der Waals surface area contributed by atoms with Crippen LogP contribution >= 0.6 is 31.9 Å². The van der Waals surface area contributed by atoms with Gasteiger partial charge in [0, 0.05) is 14.9 Å². The number of hydrogen-bond acceptors (Lipinski definition) is 7. The fourth-order valence-corrected chi connectivity index (χ4v) is 3.48. The lowest BCUT2D eigenvalue weighted by Crippen LogP contribution is -2.38. The van der Waals surface area contributed by atoms with Crippen molar-refractivity contribution in [2.24, 2.45) is 17.6 Å². The summed E-state index contributed by atoms with van der Waals surface area (Å²) >= 11 is 6.54. The molecule has 0 radical (unpaired) electrons. The summed E-state index contributed by atoms with van der Waals surface area (Å²) in [4.78, 5) is 22.8. The third-order valence-electron chi connectivity index (χ3n) is 4.56. The number of nitrogens with two attached hydrogens (primary N) is 1. The molecular weight excluding hydrogens is 582 g/mol. The van der Waals surface area contributed by atoms with Crippen LogP contribution in [0, 0.1) is 34.5 Å². The number of methoxy groups -OCH3 is 1. The lowest BCUT2D eigenvalue weighted by atomic mass is 10.1. The molecule has 0 spiro atoms. The van der Waals surface area contributed by atoms with Gasteiger partial charge in [0.25, 0.3) is 5.91 Å². The van der Waals surface area contributed by atoms with Crippen LogP contribution in [0.5, 0.6) is 11.5 Å². The SMILES string of the molecule is CC(C)[C@H](Oc1ccc(Br)cc1C#N)C(N)=O.COC(=O)[C@@H](Oc1ccc(Br)cc1C#N)C(C)C. The summed E-state index contributed by atoms with van der Waals surface area (Å²) in [6.45, 7) is 7.37. The number of esters is 1. The van der Waals surface area contributed by atoms with Gasteiger partial charge in [-0.25, -0.2) is 4.79 Å². The zero-order chi connectivity index (χ0) is 26.7. The number of nitriles is 2. The van der Waals surface area contributed by atoms with Crippen LogP contribution in [0.2, 0.25) is 0 Å². The van der Waals surface area contributed by atoms with Gasteiger partial charge in [-0.15, -0.1) is 0 Å². The molecule has 0 heterocycles. The summed E-state index contributed by atoms with van der Waals surface area (Å²) in [5.74, 6) is -0.336. The van der Waals surface area contributed by atoms with Crippen LogP contribution in [0.25, 0.3) is 0 Å². The van der Waals surface area contributed by atoms with Gasteiger partial charge in [-0.2, -0.15) is 10.5 Å². The summed E-state index contributed by atoms with van der Waals surface area (Å²) < 4.78 is 17.3. The van der Waals surface area contributed by atoms with E-state index in [4.69, 9.17) is 25.7 Å². The molecule has 1 amide bonds. The van der Waals surface area contributed by atoms with E-state index in [1.165, 1.54) is 7.11 Å². The first kappa shape index (κ1) is 30.0. The van der Waals surface area contributed by atoms with Gasteiger partial charge in [-0.3, -0.25) is 4.79 Å². The van der Waals surface area contributed by atoms with Crippen molar-refractivity contribution in [2.45, 2.75) is 39.9 Å². The van der Waals surface area contributed by atoms with E-state index >= 15 is 0 Å². The first-order valence-corrected chi connectivity index (χ1v) is 12.1. The first-order valence-electron chi connectivity index (χ1n) is 10.5. The van der Waals surface area contributed by atoms with E-state index in [-0.39, 0.29) is 11.8 Å². The topological polar surface area (TPSA) is 135 Å². The minimum absolute atomic E-state index is 0.0485. The highest BCUT2D eigenvalue weighted by Gasteiger charge is 2.26. The lowest BCUT2D eigenvalue weighted by Gasteiger charge is -2.20. The molecule has 0 aromatic heterocycles. The van der Waals surface area contributed by atoms with Gasteiger partial charge in [0.2, 0.25) is 0 Å². The number of carbonyl (C=O) groups excluding carboxylic acids is 2. The summed E-state index contributed by atoms with van der Waals surface area (Å²) in [5.41, 5.74) is 5.99. The van der Waals surface area contributed by atoms with Crippen molar-refractivity contribution in [2.75, 3.05) is 7.11 Å². The Morgan fingerprint density at radius 3 is 1.54 bits per heavy atom. The molecule has 0 bridgehead atoms. The standard InChI is InChI=1S/C13H14BrNO3.C12H13BrN2O2/c1-8(2)12(13(16)17-3)18-11-5-4-10(14)6-9(11)7-15;1-7(2)11(12(15)16)17-10-4-3-9(13)5-8(10)6-14/h4-6,8,12H,1-3H3;3-5,7,11H,1-2H3,(H2,15,16)/t12-;11-/m00/s1. The van der Waals surface area contributed by atoms with Gasteiger partial charge >= 0.3 is 5.97 Å². The zero-order valence-electron chi connectivity index (χ0n) is 20.0. The fourth-order valence-electron chi connectivity index (χ4n) is 2.75. The summed E-state index contributed by atoms with van der Waals surface area (Å²) in [6, 6.07) is 14.1. The average Bonchev–Trinajstić information content (AvgIpc) is 2.81. The molecule has 186 valence electrons. The lowest BCUT2D eigenvalue weighted by molar-refractivity contribution is -0.150. The molecule has 2 rings (SSSR count). The highest BCUT2D eigenvalue weighted by Crippen LogP contribution is 2.26. The smallest absolute Gasteiger partial charge is 0.347 e. The molecular formula is C25H27Br2N3O5. The molecule has 0 aliphatic heterocycles. The third-order valence-corrected chi connectivity index (χ3v) is 5.54. The summed E-state index contributed by atoms with van der Waals surface area (Å²) in [7, 11) is 1.31. The Balaban J connectivity index is 0.000000351. The van der Waals surface area contributed by atoms with E-state index in [9.17, 15) is 9.59 Å². The van der Waals surface area contributed by atoms with Crippen LogP contribution in [0.1, 0.15) is 38.8 Å². The van der Waals surface area contributed by atoms with Crippen LogP contribution < -0.4 is 15.2 Å². The number of hydrogen-bond donors (Lipinski definition) is 1. The Kier molecular flexibility index (Phi) is 12.3. The molecule has 2 aromatic rings. The number of carbonyl (C=O) groups is 2. The van der Waals surface area contributed by atoms with Crippen molar-refractivity contribution < 1.29 is 23.8 Å². The molecule has 2 aromatic carbocycles. The molecule has 10 heteroatoms. The quantitative estimate of drug-likeness (QED) is 0.411.